The van der Waals surface area contributed by atoms with Gasteiger partial charge in [-0.2, -0.15) is 5.26 Å². The average molecular weight is 328 g/mol. The molecule has 1 aromatic heterocycles. The highest BCUT2D eigenvalue weighted by molar-refractivity contribution is 5.51. The Morgan fingerprint density at radius 2 is 1.88 bits per heavy atom. The van der Waals surface area contributed by atoms with Crippen molar-refractivity contribution in [1.29, 1.82) is 5.26 Å². The van der Waals surface area contributed by atoms with Crippen molar-refractivity contribution in [1.82, 2.24) is 9.13 Å². The summed E-state index contributed by atoms with van der Waals surface area (Å²) in [4.78, 5) is 24.1. The van der Waals surface area contributed by atoms with Gasteiger partial charge >= 0.3 is 5.69 Å². The number of rotatable bonds is 6. The first-order chi connectivity index (χ1) is 11.5. The summed E-state index contributed by atoms with van der Waals surface area (Å²) in [6.07, 6.45) is 0.525. The summed E-state index contributed by atoms with van der Waals surface area (Å²) >= 11 is 0. The molecule has 0 aliphatic carbocycles. The van der Waals surface area contributed by atoms with Crippen molar-refractivity contribution in [2.75, 3.05) is 18.5 Å². The molecule has 1 atom stereocenters. The maximum absolute atomic E-state index is 12.1. The van der Waals surface area contributed by atoms with Gasteiger partial charge < -0.3 is 10.4 Å². The molecule has 1 aromatic carbocycles. The van der Waals surface area contributed by atoms with Gasteiger partial charge in [0.2, 0.25) is 0 Å². The third-order valence-corrected chi connectivity index (χ3v) is 4.04. The van der Waals surface area contributed by atoms with Crippen LogP contribution in [0.2, 0.25) is 0 Å². The van der Waals surface area contributed by atoms with Crippen LogP contribution in [0.4, 0.5) is 5.82 Å². The summed E-state index contributed by atoms with van der Waals surface area (Å²) in [5.41, 5.74) is -0.191. The monoisotopic (exact) mass is 328 g/mol. The van der Waals surface area contributed by atoms with E-state index in [9.17, 15) is 20.0 Å². The van der Waals surface area contributed by atoms with E-state index in [1.54, 1.807) is 0 Å². The van der Waals surface area contributed by atoms with E-state index in [0.717, 1.165) is 10.1 Å². The van der Waals surface area contributed by atoms with Crippen LogP contribution in [0.5, 0.6) is 0 Å². The maximum atomic E-state index is 12.1. The lowest BCUT2D eigenvalue weighted by atomic mass is 9.96. The molecule has 0 aliphatic heterocycles. The highest BCUT2D eigenvalue weighted by Crippen LogP contribution is 2.20. The second-order valence-electron chi connectivity index (χ2n) is 5.54. The molecule has 0 radical (unpaired) electrons. The van der Waals surface area contributed by atoms with Gasteiger partial charge in [0.1, 0.15) is 11.9 Å². The van der Waals surface area contributed by atoms with Crippen LogP contribution in [0.25, 0.3) is 0 Å². The molecule has 0 bridgehead atoms. The largest absolute Gasteiger partial charge is 0.396 e. The van der Waals surface area contributed by atoms with Crippen LogP contribution in [0, 0.1) is 11.3 Å². The summed E-state index contributed by atoms with van der Waals surface area (Å²) in [5.74, 6) is 0.186. The summed E-state index contributed by atoms with van der Waals surface area (Å²) < 4.78 is 2.16. The first-order valence-corrected chi connectivity index (χ1v) is 7.61. The number of hydrogen-bond donors (Lipinski definition) is 2. The third-order valence-electron chi connectivity index (χ3n) is 4.04. The van der Waals surface area contributed by atoms with Gasteiger partial charge in [-0.15, -0.1) is 0 Å². The van der Waals surface area contributed by atoms with Crippen LogP contribution in [0.3, 0.4) is 0 Å². The SMILES string of the molecule is Cn1c(NCC(CCO)c2ccccc2)c(C#N)c(=O)n(C)c1=O. The van der Waals surface area contributed by atoms with Crippen molar-refractivity contribution >= 4 is 5.82 Å². The van der Waals surface area contributed by atoms with Gasteiger partial charge in [0.25, 0.3) is 5.56 Å². The van der Waals surface area contributed by atoms with E-state index >= 15 is 0 Å². The molecule has 0 fully saturated rings. The van der Waals surface area contributed by atoms with E-state index in [4.69, 9.17) is 0 Å². The Morgan fingerprint density at radius 3 is 2.46 bits per heavy atom. The number of aromatic nitrogens is 2. The number of aliphatic hydroxyl groups excluding tert-OH is 1. The Bertz CT molecular complexity index is 862. The second-order valence-corrected chi connectivity index (χ2v) is 5.54. The Kier molecular flexibility index (Phi) is 5.55. The maximum Gasteiger partial charge on any atom is 0.332 e. The van der Waals surface area contributed by atoms with Crippen LogP contribution in [-0.4, -0.2) is 27.4 Å². The number of hydrogen-bond acceptors (Lipinski definition) is 5. The van der Waals surface area contributed by atoms with E-state index in [0.29, 0.717) is 13.0 Å². The predicted molar refractivity (Wildman–Crippen MR) is 91.0 cm³/mol. The van der Waals surface area contributed by atoms with Crippen molar-refractivity contribution in [2.24, 2.45) is 14.1 Å². The molecule has 0 aliphatic rings. The van der Waals surface area contributed by atoms with Crippen molar-refractivity contribution in [3.05, 3.63) is 62.3 Å². The summed E-state index contributed by atoms with van der Waals surface area (Å²) in [6.45, 7) is 0.404. The minimum Gasteiger partial charge on any atom is -0.396 e. The molecule has 0 saturated heterocycles. The van der Waals surface area contributed by atoms with Crippen molar-refractivity contribution in [3.63, 3.8) is 0 Å². The summed E-state index contributed by atoms with van der Waals surface area (Å²) in [6, 6.07) is 11.5. The Morgan fingerprint density at radius 1 is 1.21 bits per heavy atom. The quantitative estimate of drug-likeness (QED) is 0.806. The van der Waals surface area contributed by atoms with Gasteiger partial charge in [-0.25, -0.2) is 4.79 Å². The Balaban J connectivity index is 2.36. The van der Waals surface area contributed by atoms with Gasteiger partial charge in [0.05, 0.1) is 0 Å². The molecule has 2 rings (SSSR count). The van der Waals surface area contributed by atoms with Gasteiger partial charge in [-0.05, 0) is 12.0 Å². The fourth-order valence-corrected chi connectivity index (χ4v) is 2.64. The second kappa shape index (κ2) is 7.62. The first kappa shape index (κ1) is 17.5. The van der Waals surface area contributed by atoms with Crippen LogP contribution in [0.1, 0.15) is 23.5 Å². The number of aliphatic hydroxyl groups is 1. The molecule has 2 N–H and O–H groups in total. The van der Waals surface area contributed by atoms with E-state index in [2.05, 4.69) is 5.32 Å². The highest BCUT2D eigenvalue weighted by atomic mass is 16.3. The third kappa shape index (κ3) is 3.39. The van der Waals surface area contributed by atoms with Crippen LogP contribution in [0.15, 0.2) is 39.9 Å². The topological polar surface area (TPSA) is 100 Å². The molecule has 7 heteroatoms. The summed E-state index contributed by atoms with van der Waals surface area (Å²) in [5, 5.41) is 21.6. The number of benzene rings is 1. The van der Waals surface area contributed by atoms with Crippen molar-refractivity contribution in [3.8, 4) is 6.07 Å². The average Bonchev–Trinajstić information content (AvgIpc) is 2.61. The molecule has 7 nitrogen and oxygen atoms in total. The van der Waals surface area contributed by atoms with Gasteiger partial charge in [0.15, 0.2) is 5.56 Å². The van der Waals surface area contributed by atoms with Crippen molar-refractivity contribution in [2.45, 2.75) is 12.3 Å². The number of nitrogens with one attached hydrogen (secondary N) is 1. The zero-order valence-corrected chi connectivity index (χ0v) is 13.7. The predicted octanol–water partition coefficient (Wildman–Crippen LogP) is 0.534. The first-order valence-electron chi connectivity index (χ1n) is 7.61. The summed E-state index contributed by atoms with van der Waals surface area (Å²) in [7, 11) is 2.85. The number of anilines is 1. The van der Waals surface area contributed by atoms with Crippen LogP contribution >= 0.6 is 0 Å². The lowest BCUT2D eigenvalue weighted by Gasteiger charge is -2.20. The minimum atomic E-state index is -0.624. The Labute approximate surface area is 139 Å². The number of nitrogens with zero attached hydrogens (tertiary/aromatic N) is 3. The smallest absolute Gasteiger partial charge is 0.332 e. The van der Waals surface area contributed by atoms with E-state index in [-0.39, 0.29) is 23.9 Å². The molecular formula is C17H20N4O3. The van der Waals surface area contributed by atoms with Crippen LogP contribution in [-0.2, 0) is 14.1 Å². The molecule has 126 valence electrons. The fraction of sp³-hybridized carbons (Fsp3) is 0.353. The van der Waals surface area contributed by atoms with E-state index in [1.165, 1.54) is 18.7 Å². The molecule has 1 unspecified atom stereocenters. The number of nitriles is 1. The zero-order valence-electron chi connectivity index (χ0n) is 13.7. The normalized spacial score (nSPS) is 11.8. The van der Waals surface area contributed by atoms with E-state index in [1.807, 2.05) is 36.4 Å². The van der Waals surface area contributed by atoms with Crippen molar-refractivity contribution < 1.29 is 5.11 Å². The Hall–Kier alpha value is -2.85. The molecule has 2 aromatic rings. The molecule has 0 saturated carbocycles. The van der Waals surface area contributed by atoms with Gasteiger partial charge in [-0.3, -0.25) is 13.9 Å². The lowest BCUT2D eigenvalue weighted by Crippen LogP contribution is -2.40. The standard InChI is InChI=1S/C17H20N4O3/c1-20-15(14(10-18)16(23)21(2)17(20)24)19-11-13(8-9-22)12-6-4-3-5-7-12/h3-7,13,19,22H,8-9,11H2,1-2H3. The van der Waals surface area contributed by atoms with Gasteiger partial charge in [-0.1, -0.05) is 30.3 Å². The zero-order chi connectivity index (χ0) is 17.7. The molecule has 24 heavy (non-hydrogen) atoms. The van der Waals surface area contributed by atoms with Gasteiger partial charge in [0, 0.05) is 33.2 Å². The fourth-order valence-electron chi connectivity index (χ4n) is 2.64. The molecule has 0 spiro atoms. The van der Waals surface area contributed by atoms with E-state index < -0.39 is 11.2 Å². The molecule has 0 amide bonds. The minimum absolute atomic E-state index is 0.0121. The molecular weight excluding hydrogens is 308 g/mol. The highest BCUT2D eigenvalue weighted by Gasteiger charge is 2.17. The lowest BCUT2D eigenvalue weighted by molar-refractivity contribution is 0.277. The molecule has 1 heterocycles. The van der Waals surface area contributed by atoms with Crippen LogP contribution < -0.4 is 16.6 Å².